The molecule has 0 aliphatic heterocycles. The second-order valence-electron chi connectivity index (χ2n) is 8.36. The van der Waals surface area contributed by atoms with Gasteiger partial charge >= 0.3 is 0 Å². The number of imidazole rings is 1. The first-order valence-corrected chi connectivity index (χ1v) is 10.6. The highest BCUT2D eigenvalue weighted by Gasteiger charge is 2.14. The zero-order chi connectivity index (χ0) is 19.8. The van der Waals surface area contributed by atoms with Gasteiger partial charge in [-0.25, -0.2) is 9.97 Å². The molecule has 0 bridgehead atoms. The second-order valence-corrected chi connectivity index (χ2v) is 8.36. The van der Waals surface area contributed by atoms with E-state index in [1.807, 2.05) is 13.0 Å². The lowest BCUT2D eigenvalue weighted by Crippen LogP contribution is -2.24. The van der Waals surface area contributed by atoms with Gasteiger partial charge < -0.3 is 21.0 Å². The van der Waals surface area contributed by atoms with Crippen LogP contribution in [-0.4, -0.2) is 26.5 Å². The first-order chi connectivity index (χ1) is 14.2. The first kappa shape index (κ1) is 18.2. The normalized spacial score (nSPS) is 15.5. The summed E-state index contributed by atoms with van der Waals surface area (Å²) >= 11 is 0. The number of aromatic amines is 2. The number of aromatic nitrogens is 4. The van der Waals surface area contributed by atoms with Gasteiger partial charge in [0, 0.05) is 28.7 Å². The molecule has 5 N–H and O–H groups in total. The maximum atomic E-state index is 6.02. The SMILES string of the molecule is Cc1nc2nc(N)cc(-c3cc4cc(CNCC5CCCCC5)ccc4[nH]3)c2[nH]1. The average molecular weight is 389 g/mol. The van der Waals surface area contributed by atoms with E-state index >= 15 is 0 Å². The molecule has 0 amide bonds. The molecule has 4 aromatic rings. The molecule has 3 aromatic heterocycles. The molecule has 5 rings (SSSR count). The Balaban J connectivity index is 1.38. The van der Waals surface area contributed by atoms with Gasteiger partial charge in [-0.3, -0.25) is 0 Å². The highest BCUT2D eigenvalue weighted by molar-refractivity contribution is 5.95. The van der Waals surface area contributed by atoms with E-state index in [4.69, 9.17) is 5.73 Å². The number of H-pyrrole nitrogens is 2. The van der Waals surface area contributed by atoms with Crippen molar-refractivity contribution in [1.82, 2.24) is 25.3 Å². The van der Waals surface area contributed by atoms with E-state index in [0.29, 0.717) is 11.5 Å². The Morgan fingerprint density at radius 2 is 1.93 bits per heavy atom. The molecule has 1 aliphatic carbocycles. The molecule has 1 fully saturated rings. The molecule has 29 heavy (non-hydrogen) atoms. The van der Waals surface area contributed by atoms with Crippen LogP contribution in [0.25, 0.3) is 33.3 Å². The molecule has 0 radical (unpaired) electrons. The number of nitrogens with two attached hydrogens (primary N) is 1. The molecule has 0 saturated heterocycles. The lowest BCUT2D eigenvalue weighted by molar-refractivity contribution is 0.342. The third kappa shape index (κ3) is 3.72. The molecular weight excluding hydrogens is 360 g/mol. The molecule has 1 aromatic carbocycles. The van der Waals surface area contributed by atoms with Crippen molar-refractivity contribution in [3.8, 4) is 11.3 Å². The van der Waals surface area contributed by atoms with Crippen molar-refractivity contribution in [1.29, 1.82) is 0 Å². The molecule has 3 heterocycles. The van der Waals surface area contributed by atoms with Crippen molar-refractivity contribution in [3.05, 3.63) is 41.7 Å². The van der Waals surface area contributed by atoms with Crippen LogP contribution in [0.5, 0.6) is 0 Å². The zero-order valence-corrected chi connectivity index (χ0v) is 16.9. The van der Waals surface area contributed by atoms with Crippen molar-refractivity contribution in [2.24, 2.45) is 5.92 Å². The summed E-state index contributed by atoms with van der Waals surface area (Å²) in [4.78, 5) is 15.6. The van der Waals surface area contributed by atoms with Crippen molar-refractivity contribution in [2.75, 3.05) is 12.3 Å². The Morgan fingerprint density at radius 3 is 2.79 bits per heavy atom. The number of rotatable bonds is 5. The standard InChI is InChI=1S/C23H28N6/c1-14-26-22-18(11-21(24)29-23(22)27-14)20-10-17-9-16(7-8-19(17)28-20)13-25-12-15-5-3-2-4-6-15/h7-11,15,25,28H,2-6,12-13H2,1H3,(H3,24,26,27,29). The van der Waals surface area contributed by atoms with Crippen LogP contribution in [-0.2, 0) is 6.54 Å². The summed E-state index contributed by atoms with van der Waals surface area (Å²) < 4.78 is 0. The van der Waals surface area contributed by atoms with Crippen LogP contribution in [0.3, 0.4) is 0 Å². The summed E-state index contributed by atoms with van der Waals surface area (Å²) in [5, 5.41) is 4.87. The van der Waals surface area contributed by atoms with E-state index in [0.717, 1.165) is 47.1 Å². The second kappa shape index (κ2) is 7.52. The Kier molecular flexibility index (Phi) is 4.72. The van der Waals surface area contributed by atoms with Gasteiger partial charge in [0.1, 0.15) is 11.6 Å². The van der Waals surface area contributed by atoms with Crippen LogP contribution in [0, 0.1) is 12.8 Å². The monoisotopic (exact) mass is 388 g/mol. The minimum Gasteiger partial charge on any atom is -0.384 e. The number of aryl methyl sites for hydroxylation is 1. The van der Waals surface area contributed by atoms with Gasteiger partial charge in [-0.2, -0.15) is 0 Å². The Morgan fingerprint density at radius 1 is 1.07 bits per heavy atom. The summed E-state index contributed by atoms with van der Waals surface area (Å²) in [7, 11) is 0. The van der Waals surface area contributed by atoms with Gasteiger partial charge in [-0.15, -0.1) is 0 Å². The molecule has 1 saturated carbocycles. The number of anilines is 1. The number of pyridine rings is 1. The van der Waals surface area contributed by atoms with E-state index in [1.54, 1.807) is 0 Å². The summed E-state index contributed by atoms with van der Waals surface area (Å²) in [6.07, 6.45) is 6.96. The fourth-order valence-electron chi connectivity index (χ4n) is 4.58. The molecule has 0 spiro atoms. The Hall–Kier alpha value is -2.86. The number of nitrogens with zero attached hydrogens (tertiary/aromatic N) is 2. The minimum atomic E-state index is 0.477. The Bertz CT molecular complexity index is 1150. The highest BCUT2D eigenvalue weighted by atomic mass is 15.0. The van der Waals surface area contributed by atoms with E-state index in [2.05, 4.69) is 49.5 Å². The lowest BCUT2D eigenvalue weighted by Gasteiger charge is -2.21. The smallest absolute Gasteiger partial charge is 0.180 e. The van der Waals surface area contributed by atoms with Crippen molar-refractivity contribution in [2.45, 2.75) is 45.6 Å². The summed E-state index contributed by atoms with van der Waals surface area (Å²) in [5.74, 6) is 2.16. The molecule has 6 heteroatoms. The number of benzene rings is 1. The first-order valence-electron chi connectivity index (χ1n) is 10.6. The average Bonchev–Trinajstić information content (AvgIpc) is 3.30. The van der Waals surface area contributed by atoms with E-state index < -0.39 is 0 Å². The summed E-state index contributed by atoms with van der Waals surface area (Å²) in [6.45, 7) is 3.97. The van der Waals surface area contributed by atoms with E-state index in [9.17, 15) is 0 Å². The zero-order valence-electron chi connectivity index (χ0n) is 16.9. The van der Waals surface area contributed by atoms with Crippen LogP contribution >= 0.6 is 0 Å². The third-order valence-corrected chi connectivity index (χ3v) is 6.06. The predicted molar refractivity (Wildman–Crippen MR) is 119 cm³/mol. The number of nitrogen functional groups attached to an aromatic ring is 1. The molecule has 6 nitrogen and oxygen atoms in total. The Labute approximate surface area is 170 Å². The van der Waals surface area contributed by atoms with Crippen molar-refractivity contribution >= 4 is 27.9 Å². The van der Waals surface area contributed by atoms with Crippen LogP contribution in [0.4, 0.5) is 5.82 Å². The maximum Gasteiger partial charge on any atom is 0.180 e. The molecule has 1 aliphatic rings. The van der Waals surface area contributed by atoms with Crippen LogP contribution in [0.1, 0.15) is 43.5 Å². The van der Waals surface area contributed by atoms with Crippen molar-refractivity contribution in [3.63, 3.8) is 0 Å². The number of fused-ring (bicyclic) bond motifs is 2. The lowest BCUT2D eigenvalue weighted by atomic mass is 9.89. The van der Waals surface area contributed by atoms with Gasteiger partial charge in [0.2, 0.25) is 0 Å². The minimum absolute atomic E-state index is 0.477. The number of hydrogen-bond acceptors (Lipinski definition) is 4. The van der Waals surface area contributed by atoms with Gasteiger partial charge in [-0.1, -0.05) is 25.3 Å². The van der Waals surface area contributed by atoms with Crippen molar-refractivity contribution < 1.29 is 0 Å². The highest BCUT2D eigenvalue weighted by Crippen LogP contribution is 2.30. The largest absolute Gasteiger partial charge is 0.384 e. The van der Waals surface area contributed by atoms with Crippen LogP contribution in [0.15, 0.2) is 30.3 Å². The van der Waals surface area contributed by atoms with Gasteiger partial charge in [0.25, 0.3) is 0 Å². The summed E-state index contributed by atoms with van der Waals surface area (Å²) in [5.41, 5.74) is 12.1. The quantitative estimate of drug-likeness (QED) is 0.400. The molecule has 150 valence electrons. The predicted octanol–water partition coefficient (Wildman–Crippen LogP) is 4.67. The molecule has 0 unspecified atom stereocenters. The molecular formula is C23H28N6. The van der Waals surface area contributed by atoms with E-state index in [1.165, 1.54) is 43.1 Å². The van der Waals surface area contributed by atoms with Gasteiger partial charge in [0.15, 0.2) is 5.65 Å². The number of hydrogen-bond donors (Lipinski definition) is 4. The molecule has 0 atom stereocenters. The fraction of sp³-hybridized carbons (Fsp3) is 0.391. The van der Waals surface area contributed by atoms with Gasteiger partial charge in [-0.05, 0) is 62.1 Å². The topological polar surface area (TPSA) is 95.4 Å². The fourth-order valence-corrected chi connectivity index (χ4v) is 4.58. The maximum absolute atomic E-state index is 6.02. The van der Waals surface area contributed by atoms with E-state index in [-0.39, 0.29) is 0 Å². The summed E-state index contributed by atoms with van der Waals surface area (Å²) in [6, 6.07) is 10.7. The third-order valence-electron chi connectivity index (χ3n) is 6.06. The van der Waals surface area contributed by atoms with Crippen LogP contribution in [0.2, 0.25) is 0 Å². The number of nitrogens with one attached hydrogen (secondary N) is 3. The van der Waals surface area contributed by atoms with Gasteiger partial charge in [0.05, 0.1) is 5.52 Å². The van der Waals surface area contributed by atoms with Crippen LogP contribution < -0.4 is 11.1 Å².